The molecule has 0 aliphatic rings. The van der Waals surface area contributed by atoms with E-state index in [1.165, 1.54) is 10.9 Å². The Bertz CT molecular complexity index is 984. The summed E-state index contributed by atoms with van der Waals surface area (Å²) in [6.07, 6.45) is 4.26. The third kappa shape index (κ3) is 5.05. The molecule has 0 bridgehead atoms. The number of rotatable bonds is 7. The molecule has 1 aromatic carbocycles. The Balaban J connectivity index is 1.52. The second-order valence-electron chi connectivity index (χ2n) is 5.66. The van der Waals surface area contributed by atoms with Gasteiger partial charge in [-0.3, -0.25) is 24.3 Å². The highest BCUT2D eigenvalue weighted by atomic mass is 35.5. The lowest BCUT2D eigenvalue weighted by Gasteiger charge is -2.04. The Labute approximate surface area is 163 Å². The second kappa shape index (κ2) is 8.19. The number of hydrogen-bond donors (Lipinski definition) is 1. The fraction of sp³-hybridized carbons (Fsp3) is 0.188. The van der Waals surface area contributed by atoms with Crippen LogP contribution in [-0.4, -0.2) is 30.4 Å². The van der Waals surface area contributed by atoms with Gasteiger partial charge in [0.25, 0.3) is 0 Å². The van der Waals surface area contributed by atoms with Gasteiger partial charge in [0.15, 0.2) is 5.82 Å². The second-order valence-corrected chi connectivity index (χ2v) is 6.48. The lowest BCUT2D eigenvalue weighted by molar-refractivity contribution is -0.385. The maximum absolute atomic E-state index is 12.0. The molecule has 0 aliphatic heterocycles. The Kier molecular flexibility index (Phi) is 5.72. The van der Waals surface area contributed by atoms with Crippen molar-refractivity contribution in [1.29, 1.82) is 0 Å². The summed E-state index contributed by atoms with van der Waals surface area (Å²) in [5.74, 6) is 0.138. The minimum absolute atomic E-state index is 0.110. The number of amides is 1. The number of halogens is 2. The first-order valence-electron chi connectivity index (χ1n) is 7.85. The zero-order chi connectivity index (χ0) is 19.4. The first-order chi connectivity index (χ1) is 12.9. The maximum Gasteiger partial charge on any atom is 0.306 e. The number of nitro groups is 1. The number of carbonyl (C=O) groups is 1. The zero-order valence-electron chi connectivity index (χ0n) is 13.9. The molecule has 0 aliphatic carbocycles. The standard InChI is InChI=1S/C16H14Cl2N6O3/c17-13-2-1-11(7-14(13)18)9-23-5-3-15(21-23)20-16(25)4-6-22-10-12(8-19-22)24(26)27/h1-3,5,7-8,10H,4,6,9H2,(H,20,21,25). The molecule has 1 N–H and O–H groups in total. The minimum Gasteiger partial charge on any atom is -0.309 e. The van der Waals surface area contributed by atoms with Gasteiger partial charge in [0.1, 0.15) is 12.4 Å². The van der Waals surface area contributed by atoms with Gasteiger partial charge < -0.3 is 5.32 Å². The molecule has 1 amide bonds. The van der Waals surface area contributed by atoms with Gasteiger partial charge in [-0.1, -0.05) is 29.3 Å². The molecular formula is C16H14Cl2N6O3. The molecule has 11 heteroatoms. The maximum atomic E-state index is 12.0. The molecule has 0 saturated carbocycles. The topological polar surface area (TPSA) is 108 Å². The smallest absolute Gasteiger partial charge is 0.306 e. The lowest BCUT2D eigenvalue weighted by Crippen LogP contribution is -2.15. The summed E-state index contributed by atoms with van der Waals surface area (Å²) in [6, 6.07) is 6.99. The third-order valence-corrected chi connectivity index (χ3v) is 4.37. The van der Waals surface area contributed by atoms with E-state index < -0.39 is 4.92 Å². The summed E-state index contributed by atoms with van der Waals surface area (Å²) in [7, 11) is 0. The largest absolute Gasteiger partial charge is 0.309 e. The highest BCUT2D eigenvalue weighted by molar-refractivity contribution is 6.42. The van der Waals surface area contributed by atoms with Gasteiger partial charge in [-0.2, -0.15) is 10.2 Å². The first-order valence-corrected chi connectivity index (χ1v) is 8.60. The molecule has 0 unspecified atom stereocenters. The Hall–Kier alpha value is -2.91. The molecule has 27 heavy (non-hydrogen) atoms. The molecule has 0 fully saturated rings. The number of carbonyl (C=O) groups excluding carboxylic acids is 1. The van der Waals surface area contributed by atoms with Crippen molar-refractivity contribution in [2.75, 3.05) is 5.32 Å². The predicted molar refractivity (Wildman–Crippen MR) is 99.9 cm³/mol. The van der Waals surface area contributed by atoms with Gasteiger partial charge in [-0.25, -0.2) is 0 Å². The van der Waals surface area contributed by atoms with Gasteiger partial charge in [-0.15, -0.1) is 0 Å². The van der Waals surface area contributed by atoms with E-state index in [4.69, 9.17) is 23.2 Å². The van der Waals surface area contributed by atoms with Crippen LogP contribution in [0, 0.1) is 10.1 Å². The summed E-state index contributed by atoms with van der Waals surface area (Å²) in [4.78, 5) is 22.1. The molecule has 0 spiro atoms. The van der Waals surface area contributed by atoms with Crippen LogP contribution in [0.4, 0.5) is 11.5 Å². The summed E-state index contributed by atoms with van der Waals surface area (Å²) >= 11 is 11.9. The van der Waals surface area contributed by atoms with Crippen molar-refractivity contribution in [3.8, 4) is 0 Å². The minimum atomic E-state index is -0.538. The van der Waals surface area contributed by atoms with Crippen molar-refractivity contribution >= 4 is 40.6 Å². The fourth-order valence-electron chi connectivity index (χ4n) is 2.33. The molecule has 0 atom stereocenters. The zero-order valence-corrected chi connectivity index (χ0v) is 15.4. The first kappa shape index (κ1) is 18.9. The van der Waals surface area contributed by atoms with Gasteiger partial charge in [-0.05, 0) is 17.7 Å². The molecule has 0 radical (unpaired) electrons. The van der Waals surface area contributed by atoms with E-state index in [0.717, 1.165) is 11.8 Å². The van der Waals surface area contributed by atoms with Crippen LogP contribution in [-0.2, 0) is 17.9 Å². The highest BCUT2D eigenvalue weighted by Gasteiger charge is 2.11. The number of nitrogens with one attached hydrogen (secondary N) is 1. The van der Waals surface area contributed by atoms with E-state index in [9.17, 15) is 14.9 Å². The number of hydrogen-bond acceptors (Lipinski definition) is 5. The Morgan fingerprint density at radius 2 is 2.04 bits per heavy atom. The Morgan fingerprint density at radius 3 is 2.74 bits per heavy atom. The molecule has 140 valence electrons. The van der Waals surface area contributed by atoms with E-state index in [2.05, 4.69) is 15.5 Å². The van der Waals surface area contributed by atoms with Gasteiger partial charge in [0, 0.05) is 25.2 Å². The van der Waals surface area contributed by atoms with Crippen molar-refractivity contribution in [2.24, 2.45) is 0 Å². The van der Waals surface area contributed by atoms with Gasteiger partial charge in [0.05, 0.1) is 21.5 Å². The average Bonchev–Trinajstić information content (AvgIpc) is 3.26. The van der Waals surface area contributed by atoms with E-state index in [-0.39, 0.29) is 24.6 Å². The molecule has 2 heterocycles. The van der Waals surface area contributed by atoms with E-state index in [1.807, 2.05) is 6.07 Å². The van der Waals surface area contributed by atoms with Crippen LogP contribution in [0.5, 0.6) is 0 Å². The van der Waals surface area contributed by atoms with Crippen molar-refractivity contribution < 1.29 is 9.72 Å². The summed E-state index contributed by atoms with van der Waals surface area (Å²) in [5, 5.41) is 22.3. The Morgan fingerprint density at radius 1 is 1.22 bits per heavy atom. The molecule has 9 nitrogen and oxygen atoms in total. The molecule has 2 aromatic heterocycles. The number of benzene rings is 1. The quantitative estimate of drug-likeness (QED) is 0.476. The molecular weight excluding hydrogens is 395 g/mol. The van der Waals surface area contributed by atoms with Crippen LogP contribution in [0.3, 0.4) is 0 Å². The fourth-order valence-corrected chi connectivity index (χ4v) is 2.65. The van der Waals surface area contributed by atoms with Crippen LogP contribution in [0.1, 0.15) is 12.0 Å². The number of aryl methyl sites for hydroxylation is 1. The van der Waals surface area contributed by atoms with Gasteiger partial charge in [0.2, 0.25) is 5.91 Å². The molecule has 3 aromatic rings. The van der Waals surface area contributed by atoms with Gasteiger partial charge >= 0.3 is 5.69 Å². The SMILES string of the molecule is O=C(CCn1cc([N+](=O)[O-])cn1)Nc1ccn(Cc2ccc(Cl)c(Cl)c2)n1. The highest BCUT2D eigenvalue weighted by Crippen LogP contribution is 2.23. The monoisotopic (exact) mass is 408 g/mol. The van der Waals surface area contributed by atoms with Crippen molar-refractivity contribution in [3.05, 3.63) is 68.6 Å². The van der Waals surface area contributed by atoms with Crippen molar-refractivity contribution in [1.82, 2.24) is 19.6 Å². The summed E-state index contributed by atoms with van der Waals surface area (Å²) < 4.78 is 3.01. The van der Waals surface area contributed by atoms with E-state index >= 15 is 0 Å². The number of nitrogens with zero attached hydrogens (tertiary/aromatic N) is 5. The summed E-state index contributed by atoms with van der Waals surface area (Å²) in [5.41, 5.74) is 0.808. The van der Waals surface area contributed by atoms with E-state index in [1.54, 1.807) is 29.1 Å². The van der Waals surface area contributed by atoms with Crippen molar-refractivity contribution in [2.45, 2.75) is 19.5 Å². The molecule has 3 rings (SSSR count). The van der Waals surface area contributed by atoms with Crippen LogP contribution < -0.4 is 5.32 Å². The third-order valence-electron chi connectivity index (χ3n) is 3.64. The van der Waals surface area contributed by atoms with Crippen LogP contribution in [0.25, 0.3) is 0 Å². The van der Waals surface area contributed by atoms with Crippen LogP contribution >= 0.6 is 23.2 Å². The van der Waals surface area contributed by atoms with E-state index in [0.29, 0.717) is 22.4 Å². The number of anilines is 1. The lowest BCUT2D eigenvalue weighted by atomic mass is 10.2. The van der Waals surface area contributed by atoms with Crippen LogP contribution in [0.15, 0.2) is 42.9 Å². The summed E-state index contributed by atoms with van der Waals surface area (Å²) in [6.45, 7) is 0.702. The molecule has 0 saturated heterocycles. The van der Waals surface area contributed by atoms with Crippen LogP contribution in [0.2, 0.25) is 10.0 Å². The number of aromatic nitrogens is 4. The average molecular weight is 409 g/mol. The van der Waals surface area contributed by atoms with Crippen molar-refractivity contribution in [3.63, 3.8) is 0 Å². The predicted octanol–water partition coefficient (Wildman–Crippen LogP) is 3.37. The normalized spacial score (nSPS) is 10.7.